The summed E-state index contributed by atoms with van der Waals surface area (Å²) in [4.78, 5) is 20.7. The van der Waals surface area contributed by atoms with Gasteiger partial charge in [-0.1, -0.05) is 13.3 Å². The van der Waals surface area contributed by atoms with Gasteiger partial charge in [-0.2, -0.15) is 0 Å². The monoisotopic (exact) mass is 160 g/mol. The Kier molecular flexibility index (Phi) is 4.02. The van der Waals surface area contributed by atoms with Crippen molar-refractivity contribution in [1.29, 1.82) is 0 Å². The zero-order chi connectivity index (χ0) is 8.85. The second-order valence-electron chi connectivity index (χ2n) is 2.12. The summed E-state index contributed by atoms with van der Waals surface area (Å²) in [5, 5.41) is 0. The molecule has 5 heteroatoms. The molecule has 0 spiro atoms. The largest absolute Gasteiger partial charge is 0.436 e. The van der Waals surface area contributed by atoms with E-state index < -0.39 is 18.1 Å². The van der Waals surface area contributed by atoms with Crippen LogP contribution in [0, 0.1) is 0 Å². The first-order valence-corrected chi connectivity index (χ1v) is 3.33. The van der Waals surface area contributed by atoms with Gasteiger partial charge in [0.15, 0.2) is 6.10 Å². The summed E-state index contributed by atoms with van der Waals surface area (Å²) in [7, 11) is 0. The van der Waals surface area contributed by atoms with E-state index in [2.05, 4.69) is 4.74 Å². The maximum absolute atomic E-state index is 10.5. The molecule has 0 aliphatic carbocycles. The Hall–Kier alpha value is -1.26. The van der Waals surface area contributed by atoms with Crippen LogP contribution in [0.5, 0.6) is 0 Å². The van der Waals surface area contributed by atoms with E-state index in [-0.39, 0.29) is 0 Å². The van der Waals surface area contributed by atoms with Gasteiger partial charge in [-0.15, -0.1) is 0 Å². The topological polar surface area (TPSA) is 95.4 Å². The second-order valence-corrected chi connectivity index (χ2v) is 2.12. The van der Waals surface area contributed by atoms with Crippen molar-refractivity contribution < 1.29 is 14.3 Å². The first-order valence-electron chi connectivity index (χ1n) is 3.33. The average molecular weight is 160 g/mol. The lowest BCUT2D eigenvalue weighted by Gasteiger charge is -2.10. The Bertz CT molecular complexity index is 158. The minimum atomic E-state index is -0.970. The van der Waals surface area contributed by atoms with E-state index in [1.165, 1.54) is 0 Å². The van der Waals surface area contributed by atoms with Crippen molar-refractivity contribution in [3.8, 4) is 0 Å². The van der Waals surface area contributed by atoms with Gasteiger partial charge in [0.05, 0.1) is 0 Å². The van der Waals surface area contributed by atoms with Gasteiger partial charge in [0.2, 0.25) is 0 Å². The minimum Gasteiger partial charge on any atom is -0.436 e. The van der Waals surface area contributed by atoms with Crippen molar-refractivity contribution in [1.82, 2.24) is 0 Å². The van der Waals surface area contributed by atoms with Crippen LogP contribution in [0.3, 0.4) is 0 Å². The van der Waals surface area contributed by atoms with Gasteiger partial charge in [-0.05, 0) is 6.42 Å². The lowest BCUT2D eigenvalue weighted by molar-refractivity contribution is -0.126. The molecule has 4 N–H and O–H groups in total. The third-order valence-electron chi connectivity index (χ3n) is 1.13. The number of nitrogens with two attached hydrogens (primary N) is 2. The summed E-state index contributed by atoms with van der Waals surface area (Å²) < 4.78 is 4.42. The van der Waals surface area contributed by atoms with Gasteiger partial charge in [0.1, 0.15) is 0 Å². The zero-order valence-electron chi connectivity index (χ0n) is 6.37. The third kappa shape index (κ3) is 4.19. The lowest BCUT2D eigenvalue weighted by atomic mass is 10.2. The fourth-order valence-electron chi connectivity index (χ4n) is 0.662. The number of carbonyl (C=O) groups is 2. The Balaban J connectivity index is 3.89. The maximum Gasteiger partial charge on any atom is 0.405 e. The molecule has 0 saturated carbocycles. The molecule has 1 atom stereocenters. The molecule has 11 heavy (non-hydrogen) atoms. The van der Waals surface area contributed by atoms with Gasteiger partial charge >= 0.3 is 6.09 Å². The number of carbonyl (C=O) groups excluding carboxylic acids is 2. The molecule has 0 radical (unpaired) electrons. The number of hydrogen-bond donors (Lipinski definition) is 2. The van der Waals surface area contributed by atoms with Gasteiger partial charge in [-0.3, -0.25) is 4.79 Å². The standard InChI is InChI=1S/C6H12N2O3/c1-2-3-4(5(7)9)11-6(8)10/h4H,2-3H2,1H3,(H2,7,9)(H2,8,10). The van der Waals surface area contributed by atoms with Crippen molar-refractivity contribution in [3.05, 3.63) is 0 Å². The van der Waals surface area contributed by atoms with Crippen LogP contribution in [0.25, 0.3) is 0 Å². The van der Waals surface area contributed by atoms with Gasteiger partial charge < -0.3 is 16.2 Å². The smallest absolute Gasteiger partial charge is 0.405 e. The molecule has 64 valence electrons. The Morgan fingerprint density at radius 2 is 2.00 bits per heavy atom. The SMILES string of the molecule is CCCC(OC(N)=O)C(N)=O. The highest BCUT2D eigenvalue weighted by atomic mass is 16.6. The van der Waals surface area contributed by atoms with Crippen molar-refractivity contribution >= 4 is 12.0 Å². The number of amides is 2. The van der Waals surface area contributed by atoms with E-state index in [0.29, 0.717) is 12.8 Å². The zero-order valence-corrected chi connectivity index (χ0v) is 6.37. The van der Waals surface area contributed by atoms with Crippen LogP contribution < -0.4 is 11.5 Å². The first-order chi connectivity index (χ1) is 5.07. The molecular formula is C6H12N2O3. The second kappa shape index (κ2) is 4.54. The third-order valence-corrected chi connectivity index (χ3v) is 1.13. The van der Waals surface area contributed by atoms with Gasteiger partial charge in [0, 0.05) is 0 Å². The highest BCUT2D eigenvalue weighted by Gasteiger charge is 2.16. The Labute approximate surface area is 64.7 Å². The van der Waals surface area contributed by atoms with Gasteiger partial charge in [-0.25, -0.2) is 4.79 Å². The maximum atomic E-state index is 10.5. The molecule has 2 amide bonds. The number of hydrogen-bond acceptors (Lipinski definition) is 3. The van der Waals surface area contributed by atoms with Crippen molar-refractivity contribution in [2.24, 2.45) is 11.5 Å². The van der Waals surface area contributed by atoms with Crippen LogP contribution in [0.2, 0.25) is 0 Å². The highest BCUT2D eigenvalue weighted by molar-refractivity contribution is 5.81. The van der Waals surface area contributed by atoms with Crippen LogP contribution in [0.15, 0.2) is 0 Å². The summed E-state index contributed by atoms with van der Waals surface area (Å²) >= 11 is 0. The Morgan fingerprint density at radius 3 is 2.27 bits per heavy atom. The molecule has 0 heterocycles. The number of primary amides is 2. The van der Waals surface area contributed by atoms with Crippen molar-refractivity contribution in [3.63, 3.8) is 0 Å². The highest BCUT2D eigenvalue weighted by Crippen LogP contribution is 2.00. The summed E-state index contributed by atoms with van der Waals surface area (Å²) in [6, 6.07) is 0. The molecule has 0 aromatic rings. The summed E-state index contributed by atoms with van der Waals surface area (Å²) in [5.41, 5.74) is 9.59. The fraction of sp³-hybridized carbons (Fsp3) is 0.667. The normalized spacial score (nSPS) is 12.1. The predicted octanol–water partition coefficient (Wildman–Crippen LogP) is -0.264. The summed E-state index contributed by atoms with van der Waals surface area (Å²) in [5.74, 6) is -0.661. The lowest BCUT2D eigenvalue weighted by Crippen LogP contribution is -2.34. The molecule has 0 aliphatic rings. The molecule has 0 bridgehead atoms. The van der Waals surface area contributed by atoms with Crippen LogP contribution in [0.4, 0.5) is 4.79 Å². The number of rotatable bonds is 4. The molecule has 0 rings (SSSR count). The van der Waals surface area contributed by atoms with Gasteiger partial charge in [0.25, 0.3) is 5.91 Å². The number of ether oxygens (including phenoxy) is 1. The van der Waals surface area contributed by atoms with E-state index >= 15 is 0 Å². The Morgan fingerprint density at radius 1 is 1.45 bits per heavy atom. The molecule has 0 aromatic heterocycles. The molecule has 0 fully saturated rings. The summed E-state index contributed by atoms with van der Waals surface area (Å²) in [6.45, 7) is 1.85. The summed E-state index contributed by atoms with van der Waals surface area (Å²) in [6.07, 6.45) is -0.723. The van der Waals surface area contributed by atoms with Crippen LogP contribution in [-0.2, 0) is 9.53 Å². The van der Waals surface area contributed by atoms with E-state index in [1.54, 1.807) is 0 Å². The van der Waals surface area contributed by atoms with Crippen LogP contribution >= 0.6 is 0 Å². The molecule has 0 saturated heterocycles. The van der Waals surface area contributed by atoms with E-state index in [0.717, 1.165) is 0 Å². The van der Waals surface area contributed by atoms with Crippen LogP contribution in [-0.4, -0.2) is 18.1 Å². The molecular weight excluding hydrogens is 148 g/mol. The van der Waals surface area contributed by atoms with Crippen molar-refractivity contribution in [2.45, 2.75) is 25.9 Å². The van der Waals surface area contributed by atoms with Crippen molar-refractivity contribution in [2.75, 3.05) is 0 Å². The first kappa shape index (κ1) is 9.74. The molecule has 0 aliphatic heterocycles. The quantitative estimate of drug-likeness (QED) is 0.592. The molecule has 5 nitrogen and oxygen atoms in total. The molecule has 0 aromatic carbocycles. The molecule has 1 unspecified atom stereocenters. The van der Waals surface area contributed by atoms with E-state index in [4.69, 9.17) is 11.5 Å². The fourth-order valence-corrected chi connectivity index (χ4v) is 0.662. The predicted molar refractivity (Wildman–Crippen MR) is 38.6 cm³/mol. The average Bonchev–Trinajstić information content (AvgIpc) is 1.86. The van der Waals surface area contributed by atoms with E-state index in [9.17, 15) is 9.59 Å². The van der Waals surface area contributed by atoms with E-state index in [1.807, 2.05) is 6.92 Å². The van der Waals surface area contributed by atoms with Crippen LogP contribution in [0.1, 0.15) is 19.8 Å². The minimum absolute atomic E-state index is 0.415.